The number of aromatic amines is 1. The van der Waals surface area contributed by atoms with E-state index in [4.69, 9.17) is 9.47 Å². The molecule has 0 unspecified atom stereocenters. The van der Waals surface area contributed by atoms with Gasteiger partial charge in [0.25, 0.3) is 11.5 Å². The number of anilines is 1. The minimum atomic E-state index is -0.272. The van der Waals surface area contributed by atoms with Crippen LogP contribution in [-0.2, 0) is 0 Å². The number of amides is 1. The Morgan fingerprint density at radius 3 is 2.44 bits per heavy atom. The van der Waals surface area contributed by atoms with Crippen molar-refractivity contribution in [1.82, 2.24) is 19.9 Å². The molecule has 0 spiro atoms. The fourth-order valence-corrected chi connectivity index (χ4v) is 4.89. The summed E-state index contributed by atoms with van der Waals surface area (Å²) in [7, 11) is 3.25. The minimum absolute atomic E-state index is 0.126. The lowest BCUT2D eigenvalue weighted by molar-refractivity contribution is 0.0749. The number of hydrogen-bond acceptors (Lipinski definition) is 8. The average molecular weight is 478 g/mol. The first-order valence-electron chi connectivity index (χ1n) is 10.8. The van der Waals surface area contributed by atoms with Crippen LogP contribution in [0.5, 0.6) is 11.5 Å². The van der Waals surface area contributed by atoms with Gasteiger partial charge < -0.3 is 24.3 Å². The zero-order chi connectivity index (χ0) is 23.7. The minimum Gasteiger partial charge on any atom is -0.497 e. The van der Waals surface area contributed by atoms with Crippen LogP contribution in [0.25, 0.3) is 21.7 Å². The maximum atomic E-state index is 13.4. The molecule has 0 saturated carbocycles. The van der Waals surface area contributed by atoms with E-state index in [1.807, 2.05) is 24.3 Å². The van der Waals surface area contributed by atoms with Gasteiger partial charge in [-0.05, 0) is 12.1 Å². The molecule has 0 radical (unpaired) electrons. The fraction of sp³-hybridized carbons (Fsp3) is 0.250. The van der Waals surface area contributed by atoms with E-state index < -0.39 is 0 Å². The van der Waals surface area contributed by atoms with Gasteiger partial charge in [-0.3, -0.25) is 14.6 Å². The van der Waals surface area contributed by atoms with Crippen molar-refractivity contribution >= 4 is 33.1 Å². The molecular weight excluding hydrogens is 454 g/mol. The van der Waals surface area contributed by atoms with Gasteiger partial charge in [0.1, 0.15) is 27.4 Å². The molecule has 1 saturated heterocycles. The molecule has 1 aliphatic heterocycles. The molecule has 1 fully saturated rings. The number of thiophene rings is 1. The molecule has 0 atom stereocenters. The zero-order valence-electron chi connectivity index (χ0n) is 18.8. The van der Waals surface area contributed by atoms with Gasteiger partial charge in [-0.2, -0.15) is 0 Å². The van der Waals surface area contributed by atoms with E-state index in [0.29, 0.717) is 53.5 Å². The summed E-state index contributed by atoms with van der Waals surface area (Å²) in [5.74, 6) is 1.66. The number of benzene rings is 1. The summed E-state index contributed by atoms with van der Waals surface area (Å²) in [5.41, 5.74) is 2.12. The molecule has 5 rings (SSSR count). The third-order valence-electron chi connectivity index (χ3n) is 5.83. The van der Waals surface area contributed by atoms with Crippen molar-refractivity contribution in [3.8, 4) is 23.0 Å². The maximum absolute atomic E-state index is 13.4. The van der Waals surface area contributed by atoms with Crippen LogP contribution < -0.4 is 19.9 Å². The smallest absolute Gasteiger partial charge is 0.269 e. The summed E-state index contributed by atoms with van der Waals surface area (Å²) in [6, 6.07) is 11.1. The number of carbonyl (C=O) groups excluding carboxylic acids is 1. The van der Waals surface area contributed by atoms with E-state index in [9.17, 15) is 9.59 Å². The van der Waals surface area contributed by atoms with Gasteiger partial charge >= 0.3 is 0 Å². The van der Waals surface area contributed by atoms with Crippen LogP contribution in [-0.4, -0.2) is 66.2 Å². The summed E-state index contributed by atoms with van der Waals surface area (Å²) in [5, 5.41) is 1.72. The topological polar surface area (TPSA) is 101 Å². The second-order valence-electron chi connectivity index (χ2n) is 7.81. The average Bonchev–Trinajstić information content (AvgIpc) is 3.33. The number of ether oxygens (including phenoxy) is 2. The highest BCUT2D eigenvalue weighted by atomic mass is 32.1. The molecular formula is C24H23N5O4S. The lowest BCUT2D eigenvalue weighted by Crippen LogP contribution is -2.48. The number of pyridine rings is 1. The lowest BCUT2D eigenvalue weighted by Gasteiger charge is -2.36. The third-order valence-corrected chi connectivity index (χ3v) is 6.80. The second kappa shape index (κ2) is 9.14. The summed E-state index contributed by atoms with van der Waals surface area (Å²) < 4.78 is 11.2. The summed E-state index contributed by atoms with van der Waals surface area (Å²) >= 11 is 1.23. The Kier molecular flexibility index (Phi) is 5.89. The number of nitrogens with one attached hydrogen (secondary N) is 1. The van der Waals surface area contributed by atoms with Crippen LogP contribution in [0.2, 0.25) is 0 Å². The Hall–Kier alpha value is -3.92. The first-order chi connectivity index (χ1) is 16.6. The highest BCUT2D eigenvalue weighted by Gasteiger charge is 2.26. The number of rotatable bonds is 5. The number of H-pyrrole nitrogens is 1. The normalized spacial score (nSPS) is 13.8. The van der Waals surface area contributed by atoms with E-state index in [2.05, 4.69) is 19.9 Å². The zero-order valence-corrected chi connectivity index (χ0v) is 19.6. The van der Waals surface area contributed by atoms with E-state index >= 15 is 0 Å². The van der Waals surface area contributed by atoms with Crippen molar-refractivity contribution in [3.05, 3.63) is 63.9 Å². The van der Waals surface area contributed by atoms with Gasteiger partial charge in [0.05, 0.1) is 19.8 Å². The number of carbonyl (C=O) groups is 1. The van der Waals surface area contributed by atoms with Crippen LogP contribution in [0.1, 0.15) is 10.4 Å². The molecule has 0 bridgehead atoms. The van der Waals surface area contributed by atoms with Gasteiger partial charge in [-0.25, -0.2) is 4.98 Å². The molecule has 1 aliphatic rings. The molecule has 10 heteroatoms. The van der Waals surface area contributed by atoms with Gasteiger partial charge in [0, 0.05) is 61.6 Å². The fourth-order valence-electron chi connectivity index (χ4n) is 4.02. The number of methoxy groups -OCH3 is 2. The number of nitrogens with zero attached hydrogens (tertiary/aromatic N) is 4. The largest absolute Gasteiger partial charge is 0.497 e. The molecule has 1 aromatic carbocycles. The summed E-state index contributed by atoms with van der Waals surface area (Å²) in [6.07, 6.45) is 1.64. The lowest BCUT2D eigenvalue weighted by atomic mass is 10.2. The first kappa shape index (κ1) is 21.9. The summed E-state index contributed by atoms with van der Waals surface area (Å²) in [4.78, 5) is 41.6. The van der Waals surface area contributed by atoms with E-state index in [1.54, 1.807) is 42.8 Å². The quantitative estimate of drug-likeness (QED) is 0.472. The SMILES string of the molecule is COc1cc(OC)cc(N2CCN(C(=O)c3csc4c(=O)[nH]c(-c5ccccn5)nc34)CC2)c1. The predicted octanol–water partition coefficient (Wildman–Crippen LogP) is 3.03. The monoisotopic (exact) mass is 477 g/mol. The molecule has 3 aromatic heterocycles. The number of aromatic nitrogens is 3. The van der Waals surface area contributed by atoms with Crippen molar-refractivity contribution in [2.75, 3.05) is 45.3 Å². The summed E-state index contributed by atoms with van der Waals surface area (Å²) in [6.45, 7) is 2.42. The maximum Gasteiger partial charge on any atom is 0.269 e. The van der Waals surface area contributed by atoms with Gasteiger partial charge in [0.2, 0.25) is 0 Å². The Morgan fingerprint density at radius 2 is 1.79 bits per heavy atom. The van der Waals surface area contributed by atoms with Gasteiger partial charge in [-0.15, -0.1) is 11.3 Å². The Balaban J connectivity index is 1.37. The third kappa shape index (κ3) is 4.08. The Labute approximate surface area is 199 Å². The highest BCUT2D eigenvalue weighted by Crippen LogP contribution is 2.30. The molecule has 174 valence electrons. The highest BCUT2D eigenvalue weighted by molar-refractivity contribution is 7.17. The van der Waals surface area contributed by atoms with Crippen molar-refractivity contribution in [3.63, 3.8) is 0 Å². The molecule has 34 heavy (non-hydrogen) atoms. The van der Waals surface area contributed by atoms with E-state index in [-0.39, 0.29) is 11.5 Å². The van der Waals surface area contributed by atoms with Crippen LogP contribution in [0, 0.1) is 0 Å². The van der Waals surface area contributed by atoms with Gasteiger partial charge in [0.15, 0.2) is 5.82 Å². The van der Waals surface area contributed by atoms with Crippen LogP contribution in [0.15, 0.2) is 52.8 Å². The molecule has 9 nitrogen and oxygen atoms in total. The first-order valence-corrected chi connectivity index (χ1v) is 11.7. The van der Waals surface area contributed by atoms with Crippen LogP contribution in [0.3, 0.4) is 0 Å². The molecule has 1 amide bonds. The van der Waals surface area contributed by atoms with E-state index in [1.165, 1.54) is 11.3 Å². The predicted molar refractivity (Wildman–Crippen MR) is 131 cm³/mol. The van der Waals surface area contributed by atoms with Crippen LogP contribution >= 0.6 is 11.3 Å². The van der Waals surface area contributed by atoms with Crippen molar-refractivity contribution in [2.45, 2.75) is 0 Å². The number of fused-ring (bicyclic) bond motifs is 1. The number of piperazine rings is 1. The van der Waals surface area contributed by atoms with Crippen LogP contribution in [0.4, 0.5) is 5.69 Å². The van der Waals surface area contributed by atoms with E-state index in [0.717, 1.165) is 17.2 Å². The number of hydrogen-bond donors (Lipinski definition) is 1. The molecule has 4 heterocycles. The van der Waals surface area contributed by atoms with Crippen molar-refractivity contribution in [2.24, 2.45) is 0 Å². The van der Waals surface area contributed by atoms with Gasteiger partial charge in [-0.1, -0.05) is 6.07 Å². The molecule has 4 aromatic rings. The Bertz CT molecular complexity index is 1370. The molecule has 0 aliphatic carbocycles. The standard InChI is InChI=1S/C24H23N5O4S/c1-32-16-11-15(12-17(13-16)33-2)28-7-9-29(10-8-28)24(31)18-14-34-21-20(18)26-22(27-23(21)30)19-5-3-4-6-25-19/h3-6,11-14H,7-10H2,1-2H3,(H,26,27,30). The van der Waals surface area contributed by atoms with Crippen molar-refractivity contribution < 1.29 is 14.3 Å². The second-order valence-corrected chi connectivity index (χ2v) is 8.69. The van der Waals surface area contributed by atoms with Crippen molar-refractivity contribution in [1.29, 1.82) is 0 Å². The Morgan fingerprint density at radius 1 is 1.06 bits per heavy atom. The molecule has 1 N–H and O–H groups in total.